The highest BCUT2D eigenvalue weighted by atomic mass is 15.2. The molecular formula is C76H86BN3. The smallest absolute Gasteiger partial charge is 0.252 e. The predicted molar refractivity (Wildman–Crippen MR) is 347 cm³/mol. The van der Waals surface area contributed by atoms with E-state index in [1.165, 1.54) is 107 Å². The first kappa shape index (κ1) is 53.8. The average Bonchev–Trinajstić information content (AvgIpc) is 3.54. The van der Waals surface area contributed by atoms with Crippen LogP contribution in [0.2, 0.25) is 0 Å². The molecule has 0 N–H and O–H groups in total. The van der Waals surface area contributed by atoms with Gasteiger partial charge < -0.3 is 14.7 Å². The molecule has 0 atom stereocenters. The number of hydrogen-bond acceptors (Lipinski definition) is 3. The second kappa shape index (κ2) is 18.4. The van der Waals surface area contributed by atoms with Gasteiger partial charge in [-0.3, -0.25) is 0 Å². The first-order valence-electron chi connectivity index (χ1n) is 30.0. The van der Waals surface area contributed by atoms with Crippen molar-refractivity contribution in [2.24, 2.45) is 0 Å². The standard InChI is InChI=1S/C76H86BN3/c1-70(2,3)50-30-28-49(29-31-50)57-42-51(71(4,5)6)32-36-64(57)80-65-37-33-52(72(7,8)9)43-62(65)77-63-47-60-61(76(16,17)41-40-75(60,14)15)48-66(63)79(55-34-35-58-59(44-55)74(12,13)39-38-73(58,10)11)67-45-56(46-68(80)69(67)77)78(53-24-20-18-21-25-53)54-26-22-19-23-27-54/h18-37,42-48H,38-41H2,1-17H3. The Morgan fingerprint density at radius 1 is 0.362 bits per heavy atom. The zero-order valence-corrected chi connectivity index (χ0v) is 51.3. The van der Waals surface area contributed by atoms with Crippen molar-refractivity contribution in [1.82, 2.24) is 0 Å². The van der Waals surface area contributed by atoms with Crippen molar-refractivity contribution in [1.29, 1.82) is 0 Å². The number of para-hydroxylation sites is 2. The molecule has 0 amide bonds. The third-order valence-corrected chi connectivity index (χ3v) is 19.4. The Balaban J connectivity index is 1.26. The Morgan fingerprint density at radius 2 is 0.812 bits per heavy atom. The summed E-state index contributed by atoms with van der Waals surface area (Å²) >= 11 is 0. The molecule has 0 radical (unpaired) electrons. The van der Waals surface area contributed by atoms with Gasteiger partial charge in [-0.15, -0.1) is 0 Å². The van der Waals surface area contributed by atoms with E-state index in [9.17, 15) is 0 Å². The van der Waals surface area contributed by atoms with E-state index < -0.39 is 0 Å². The molecule has 3 nitrogen and oxygen atoms in total. The van der Waals surface area contributed by atoms with Crippen LogP contribution in [-0.4, -0.2) is 6.71 Å². The Hall–Kier alpha value is -6.78. The number of benzene rings is 8. The van der Waals surface area contributed by atoms with Gasteiger partial charge in [0.05, 0.1) is 11.4 Å². The van der Waals surface area contributed by atoms with E-state index in [0.29, 0.717) is 0 Å². The third-order valence-electron chi connectivity index (χ3n) is 19.4. The molecule has 0 saturated carbocycles. The van der Waals surface area contributed by atoms with E-state index in [0.717, 1.165) is 36.3 Å². The molecule has 8 aromatic carbocycles. The Kier molecular flexibility index (Phi) is 12.4. The van der Waals surface area contributed by atoms with Gasteiger partial charge in [0, 0.05) is 45.4 Å². The maximum atomic E-state index is 2.73. The summed E-state index contributed by atoms with van der Waals surface area (Å²) in [5, 5.41) is 0. The maximum absolute atomic E-state index is 2.73. The van der Waals surface area contributed by atoms with Crippen molar-refractivity contribution in [2.75, 3.05) is 14.7 Å². The lowest BCUT2D eigenvalue weighted by molar-refractivity contribution is 0.332. The Bertz CT molecular complexity index is 3690. The van der Waals surface area contributed by atoms with Crippen LogP contribution in [0.25, 0.3) is 11.1 Å². The van der Waals surface area contributed by atoms with Crippen LogP contribution in [0.1, 0.15) is 182 Å². The molecule has 12 rings (SSSR count). The van der Waals surface area contributed by atoms with Crippen molar-refractivity contribution in [3.8, 4) is 11.1 Å². The van der Waals surface area contributed by atoms with Gasteiger partial charge in [-0.05, 0) is 197 Å². The highest BCUT2D eigenvalue weighted by molar-refractivity contribution is 7.00. The first-order valence-corrected chi connectivity index (χ1v) is 30.0. The second-order valence-electron chi connectivity index (χ2n) is 30.1. The molecule has 0 aromatic heterocycles. The van der Waals surface area contributed by atoms with Crippen molar-refractivity contribution in [3.05, 3.63) is 203 Å². The summed E-state index contributed by atoms with van der Waals surface area (Å²) in [5.74, 6) is 0. The van der Waals surface area contributed by atoms with Crippen LogP contribution in [0.4, 0.5) is 51.2 Å². The zero-order valence-electron chi connectivity index (χ0n) is 51.3. The summed E-state index contributed by atoms with van der Waals surface area (Å²) in [6, 6.07) is 64.5. The number of fused-ring (bicyclic) bond motifs is 6. The van der Waals surface area contributed by atoms with Gasteiger partial charge in [0.2, 0.25) is 0 Å². The summed E-state index contributed by atoms with van der Waals surface area (Å²) in [6.07, 6.45) is 4.62. The first-order chi connectivity index (χ1) is 37.5. The van der Waals surface area contributed by atoms with E-state index in [2.05, 4.69) is 296 Å². The number of nitrogens with zero attached hydrogens (tertiary/aromatic N) is 3. The molecule has 4 aliphatic rings. The lowest BCUT2D eigenvalue weighted by atomic mass is 9.33. The van der Waals surface area contributed by atoms with E-state index in [1.54, 1.807) is 0 Å². The maximum Gasteiger partial charge on any atom is 0.252 e. The Labute approximate surface area is 481 Å². The lowest BCUT2D eigenvalue weighted by Crippen LogP contribution is -2.62. The van der Waals surface area contributed by atoms with Gasteiger partial charge in [0.25, 0.3) is 6.71 Å². The molecule has 4 heteroatoms. The van der Waals surface area contributed by atoms with Crippen LogP contribution >= 0.6 is 0 Å². The second-order valence-corrected chi connectivity index (χ2v) is 30.1. The summed E-state index contributed by atoms with van der Waals surface area (Å²) in [5.41, 5.74) is 27.2. The van der Waals surface area contributed by atoms with E-state index in [4.69, 9.17) is 0 Å². The molecular weight excluding hydrogens is 966 g/mol. The Morgan fingerprint density at radius 3 is 1.35 bits per heavy atom. The highest BCUT2D eigenvalue weighted by Crippen LogP contribution is 2.55. The minimum atomic E-state index is -0.0812. The normalized spacial score (nSPS) is 17.4. The molecule has 2 heterocycles. The van der Waals surface area contributed by atoms with Gasteiger partial charge in [0.1, 0.15) is 0 Å². The van der Waals surface area contributed by atoms with Crippen LogP contribution in [-0.2, 0) is 37.9 Å². The van der Waals surface area contributed by atoms with Crippen LogP contribution in [0.15, 0.2) is 164 Å². The van der Waals surface area contributed by atoms with Crippen molar-refractivity contribution in [2.45, 2.75) is 181 Å². The number of hydrogen-bond donors (Lipinski definition) is 0. The fourth-order valence-electron chi connectivity index (χ4n) is 14.1. The summed E-state index contributed by atoms with van der Waals surface area (Å²) < 4.78 is 0. The van der Waals surface area contributed by atoms with Gasteiger partial charge in [-0.2, -0.15) is 0 Å². The van der Waals surface area contributed by atoms with E-state index in [-0.39, 0.29) is 44.6 Å². The molecule has 0 fully saturated rings. The third kappa shape index (κ3) is 8.94. The van der Waals surface area contributed by atoms with Crippen LogP contribution in [0.5, 0.6) is 0 Å². The zero-order chi connectivity index (χ0) is 56.9. The minimum Gasteiger partial charge on any atom is -0.311 e. The summed E-state index contributed by atoms with van der Waals surface area (Å²) in [7, 11) is 0. The van der Waals surface area contributed by atoms with E-state index >= 15 is 0 Å². The van der Waals surface area contributed by atoms with Crippen molar-refractivity contribution in [3.63, 3.8) is 0 Å². The molecule has 0 unspecified atom stereocenters. The molecule has 2 aliphatic carbocycles. The fourth-order valence-corrected chi connectivity index (χ4v) is 14.1. The van der Waals surface area contributed by atoms with Gasteiger partial charge in [0.15, 0.2) is 0 Å². The SMILES string of the molecule is CC(C)(C)c1ccc(-c2cc(C(C)(C)C)ccc2N2c3ccc(C(C)(C)C)cc3B3c4cc5c(cc4N(c4ccc6c(c4)C(C)(C)CCC6(C)C)c4cc(N(c6ccccc6)c6ccccc6)cc2c43)C(C)(C)CCC5(C)C)cc1. The van der Waals surface area contributed by atoms with Gasteiger partial charge in [-0.25, -0.2) is 0 Å². The van der Waals surface area contributed by atoms with Crippen LogP contribution in [0, 0.1) is 0 Å². The summed E-state index contributed by atoms with van der Waals surface area (Å²) in [6.45, 7) is 40.9. The van der Waals surface area contributed by atoms with E-state index in [1.807, 2.05) is 0 Å². The molecule has 0 saturated heterocycles. The van der Waals surface area contributed by atoms with Crippen molar-refractivity contribution < 1.29 is 0 Å². The lowest BCUT2D eigenvalue weighted by Gasteiger charge is -2.48. The molecule has 0 spiro atoms. The summed E-state index contributed by atoms with van der Waals surface area (Å²) in [4.78, 5) is 7.90. The quantitative estimate of drug-likeness (QED) is 0.154. The monoisotopic (exact) mass is 1050 g/mol. The molecule has 2 aliphatic heterocycles. The molecule has 0 bridgehead atoms. The van der Waals surface area contributed by atoms with Gasteiger partial charge in [-0.1, -0.05) is 209 Å². The largest absolute Gasteiger partial charge is 0.311 e. The van der Waals surface area contributed by atoms with Crippen LogP contribution in [0.3, 0.4) is 0 Å². The molecule has 80 heavy (non-hydrogen) atoms. The number of anilines is 9. The molecule has 8 aromatic rings. The van der Waals surface area contributed by atoms with Crippen LogP contribution < -0.4 is 31.1 Å². The molecule has 408 valence electrons. The topological polar surface area (TPSA) is 9.72 Å². The fraction of sp³-hybridized carbons (Fsp3) is 0.368. The minimum absolute atomic E-state index is 0.000494. The number of rotatable bonds is 6. The average molecular weight is 1050 g/mol. The highest BCUT2D eigenvalue weighted by Gasteiger charge is 2.48. The van der Waals surface area contributed by atoms with Crippen molar-refractivity contribution >= 4 is 74.3 Å². The predicted octanol–water partition coefficient (Wildman–Crippen LogP) is 19.5. The van der Waals surface area contributed by atoms with Gasteiger partial charge >= 0.3 is 0 Å².